The first kappa shape index (κ1) is 28.9. The average Bonchev–Trinajstić information content (AvgIpc) is 3.35. The highest BCUT2D eigenvalue weighted by Crippen LogP contribution is 2.25. The quantitative estimate of drug-likeness (QED) is 0.310. The second-order valence-corrected chi connectivity index (χ2v) is 8.78. The minimum Gasteiger partial charge on any atom is -0.447 e. The summed E-state index contributed by atoms with van der Waals surface area (Å²) in [6.07, 6.45) is -2.22. The molecular weight excluding hydrogens is 534 g/mol. The van der Waals surface area contributed by atoms with Gasteiger partial charge in [0.25, 0.3) is 5.92 Å². The van der Waals surface area contributed by atoms with Crippen LogP contribution in [0.25, 0.3) is 11.3 Å². The van der Waals surface area contributed by atoms with Gasteiger partial charge in [-0.25, -0.2) is 22.4 Å². The molecule has 2 N–H and O–H groups in total. The van der Waals surface area contributed by atoms with E-state index in [1.165, 1.54) is 43.4 Å². The molecule has 8 nitrogen and oxygen atoms in total. The molecule has 0 fully saturated rings. The van der Waals surface area contributed by atoms with Crippen LogP contribution in [-0.2, 0) is 16.0 Å². The largest absolute Gasteiger partial charge is 0.447 e. The lowest BCUT2D eigenvalue weighted by atomic mass is 10.1. The van der Waals surface area contributed by atoms with Gasteiger partial charge < -0.3 is 19.3 Å². The average molecular weight is 558 g/mol. The number of aliphatic hydroxyl groups excluding tert-OH is 1. The van der Waals surface area contributed by atoms with Gasteiger partial charge in [0.15, 0.2) is 0 Å². The Hall–Kier alpha value is -3.64. The van der Waals surface area contributed by atoms with Crippen molar-refractivity contribution in [2.75, 3.05) is 25.6 Å². The summed E-state index contributed by atoms with van der Waals surface area (Å²) in [6, 6.07) is 9.62. The number of amides is 2. The van der Waals surface area contributed by atoms with Crippen LogP contribution in [0.1, 0.15) is 18.4 Å². The third-order valence-corrected chi connectivity index (χ3v) is 6.03. The summed E-state index contributed by atoms with van der Waals surface area (Å²) in [4.78, 5) is 25.9. The molecule has 1 aromatic heterocycles. The molecule has 2 amide bonds. The van der Waals surface area contributed by atoms with E-state index in [4.69, 9.17) is 26.0 Å². The van der Waals surface area contributed by atoms with Gasteiger partial charge in [-0.3, -0.25) is 10.1 Å². The Labute approximate surface area is 220 Å². The Morgan fingerprint density at radius 3 is 2.66 bits per heavy atom. The van der Waals surface area contributed by atoms with E-state index >= 15 is 0 Å². The van der Waals surface area contributed by atoms with Crippen LogP contribution >= 0.6 is 11.6 Å². The van der Waals surface area contributed by atoms with Crippen molar-refractivity contribution in [3.63, 3.8) is 0 Å². The number of benzene rings is 2. The molecule has 1 heterocycles. The fourth-order valence-electron chi connectivity index (χ4n) is 3.51. The van der Waals surface area contributed by atoms with Crippen molar-refractivity contribution < 1.29 is 41.5 Å². The number of nitrogens with zero attached hydrogens (tertiary/aromatic N) is 2. The number of rotatable bonds is 11. The Bertz CT molecular complexity index is 1270. The molecule has 0 saturated heterocycles. The molecule has 0 spiro atoms. The minimum atomic E-state index is -3.56. The number of likely N-dealkylation sites (N-methyl/N-ethyl adjacent to an activating group) is 1. The summed E-state index contributed by atoms with van der Waals surface area (Å²) < 4.78 is 65.0. The number of aromatic nitrogens is 1. The summed E-state index contributed by atoms with van der Waals surface area (Å²) >= 11 is 5.90. The molecule has 2 aromatic carbocycles. The lowest BCUT2D eigenvalue weighted by Gasteiger charge is -2.30. The minimum absolute atomic E-state index is 0.0450. The second-order valence-electron chi connectivity index (χ2n) is 8.40. The smallest absolute Gasteiger partial charge is 0.414 e. The predicted octanol–water partition coefficient (Wildman–Crippen LogP) is 5.30. The van der Waals surface area contributed by atoms with Crippen molar-refractivity contribution in [2.24, 2.45) is 0 Å². The molecular formula is C25H24ClF4N3O5. The van der Waals surface area contributed by atoms with Crippen LogP contribution in [0.3, 0.4) is 0 Å². The number of aliphatic hydroxyl groups is 1. The van der Waals surface area contributed by atoms with Crippen molar-refractivity contribution in [2.45, 2.75) is 31.2 Å². The van der Waals surface area contributed by atoms with Crippen LogP contribution in [0.2, 0.25) is 5.02 Å². The Kier molecular flexibility index (Phi) is 9.70. The monoisotopic (exact) mass is 557 g/mol. The highest BCUT2D eigenvalue weighted by atomic mass is 35.5. The molecule has 0 unspecified atom stereocenters. The first-order valence-corrected chi connectivity index (χ1v) is 11.7. The summed E-state index contributed by atoms with van der Waals surface area (Å²) in [6.45, 7) is -2.12. The van der Waals surface area contributed by atoms with Crippen LogP contribution in [-0.4, -0.2) is 59.4 Å². The van der Waals surface area contributed by atoms with E-state index in [1.807, 2.05) is 0 Å². The number of carbonyl (C=O) groups excluding carboxylic acids is 2. The van der Waals surface area contributed by atoms with Crippen LogP contribution < -0.4 is 5.32 Å². The van der Waals surface area contributed by atoms with Gasteiger partial charge in [-0.05, 0) is 30.2 Å². The molecule has 0 bridgehead atoms. The zero-order valence-corrected chi connectivity index (χ0v) is 20.9. The first-order valence-electron chi connectivity index (χ1n) is 11.3. The number of anilines is 1. The van der Waals surface area contributed by atoms with E-state index in [-0.39, 0.29) is 29.4 Å². The summed E-state index contributed by atoms with van der Waals surface area (Å²) in [5, 5.41) is 14.8. The van der Waals surface area contributed by atoms with Gasteiger partial charge in [0.05, 0.1) is 11.1 Å². The lowest BCUT2D eigenvalue weighted by Crippen LogP contribution is -2.45. The van der Waals surface area contributed by atoms with Crippen LogP contribution in [0, 0.1) is 11.6 Å². The van der Waals surface area contributed by atoms with Crippen molar-refractivity contribution in [3.8, 4) is 11.3 Å². The van der Waals surface area contributed by atoms with Gasteiger partial charge in [-0.15, -0.1) is 0 Å². The van der Waals surface area contributed by atoms with Gasteiger partial charge in [0, 0.05) is 31.5 Å². The third kappa shape index (κ3) is 7.93. The van der Waals surface area contributed by atoms with Crippen molar-refractivity contribution in [3.05, 3.63) is 70.8 Å². The fraction of sp³-hybridized carbons (Fsp3) is 0.320. The Morgan fingerprint density at radius 2 is 1.95 bits per heavy atom. The lowest BCUT2D eigenvalue weighted by molar-refractivity contribution is -0.136. The zero-order chi connectivity index (χ0) is 27.9. The number of ether oxygens (including phenoxy) is 1. The fourth-order valence-corrected chi connectivity index (χ4v) is 3.73. The molecule has 13 heteroatoms. The van der Waals surface area contributed by atoms with Gasteiger partial charge in [-0.2, -0.15) is 0 Å². The zero-order valence-electron chi connectivity index (χ0n) is 20.1. The molecule has 1 atom stereocenters. The van der Waals surface area contributed by atoms with Gasteiger partial charge >= 0.3 is 6.09 Å². The van der Waals surface area contributed by atoms with Crippen LogP contribution in [0.15, 0.2) is 53.1 Å². The molecule has 0 saturated carbocycles. The normalized spacial score (nSPS) is 12.2. The maximum Gasteiger partial charge on any atom is 0.414 e. The number of carbonyl (C=O) groups is 2. The number of aryl methyl sites for hydroxylation is 1. The highest BCUT2D eigenvalue weighted by Gasteiger charge is 2.35. The van der Waals surface area contributed by atoms with E-state index in [0.29, 0.717) is 11.1 Å². The maximum atomic E-state index is 14.0. The van der Waals surface area contributed by atoms with Crippen LogP contribution in [0.4, 0.5) is 28.2 Å². The SMILES string of the molecule is CN(C(=O)CCc1cccc(F)c1Cl)[C@H](COC(=O)Nc1cc(-c2cccc(F)c2)no1)CC(F)(F)CO. The summed E-state index contributed by atoms with van der Waals surface area (Å²) in [7, 11) is 1.25. The van der Waals surface area contributed by atoms with Crippen molar-refractivity contribution >= 4 is 29.5 Å². The Morgan fingerprint density at radius 1 is 1.21 bits per heavy atom. The van der Waals surface area contributed by atoms with E-state index in [9.17, 15) is 27.2 Å². The Balaban J connectivity index is 1.61. The summed E-state index contributed by atoms with van der Waals surface area (Å²) in [5.41, 5.74) is 0.982. The van der Waals surface area contributed by atoms with E-state index < -0.39 is 55.2 Å². The molecule has 204 valence electrons. The van der Waals surface area contributed by atoms with Crippen LogP contribution in [0.5, 0.6) is 0 Å². The third-order valence-electron chi connectivity index (χ3n) is 5.61. The molecule has 0 radical (unpaired) electrons. The van der Waals surface area contributed by atoms with Crippen molar-refractivity contribution in [1.82, 2.24) is 10.1 Å². The number of hydrogen-bond acceptors (Lipinski definition) is 6. The number of hydrogen-bond donors (Lipinski definition) is 2. The standard InChI is InChI=1S/C25H24ClF4N3O5/c1-33(22(35)9-8-15-4-3-7-19(28)23(15)26)18(12-25(29,30)14-34)13-37-24(36)31-21-11-20(32-38-21)16-5-2-6-17(27)10-16/h2-7,10-11,18,34H,8-9,12-14H2,1H3,(H,31,36)/t18-/m0/s1. The molecule has 3 rings (SSSR count). The van der Waals surface area contributed by atoms with Gasteiger partial charge in [0.2, 0.25) is 11.8 Å². The molecule has 0 aliphatic rings. The summed E-state index contributed by atoms with van der Waals surface area (Å²) in [5.74, 6) is -5.45. The topological polar surface area (TPSA) is 105 Å². The second kappa shape index (κ2) is 12.7. The van der Waals surface area contributed by atoms with E-state index in [0.717, 1.165) is 11.0 Å². The van der Waals surface area contributed by atoms with E-state index in [1.54, 1.807) is 6.07 Å². The molecule has 0 aliphatic heterocycles. The van der Waals surface area contributed by atoms with E-state index in [2.05, 4.69) is 10.5 Å². The number of alkyl halides is 2. The van der Waals surface area contributed by atoms with Gasteiger partial charge in [-0.1, -0.05) is 41.0 Å². The first-order chi connectivity index (χ1) is 18.0. The number of halogens is 5. The van der Waals surface area contributed by atoms with Crippen molar-refractivity contribution in [1.29, 1.82) is 0 Å². The number of nitrogens with one attached hydrogen (secondary N) is 1. The molecule has 3 aromatic rings. The maximum absolute atomic E-state index is 14.0. The highest BCUT2D eigenvalue weighted by molar-refractivity contribution is 6.31. The van der Waals surface area contributed by atoms with Gasteiger partial charge in [0.1, 0.15) is 30.5 Å². The predicted molar refractivity (Wildman–Crippen MR) is 130 cm³/mol. The molecule has 0 aliphatic carbocycles. The molecule has 38 heavy (non-hydrogen) atoms.